The molecule has 8 heteroatoms. The van der Waals surface area contributed by atoms with Gasteiger partial charge in [0.05, 0.1) is 22.7 Å². The predicted molar refractivity (Wildman–Crippen MR) is 79.7 cm³/mol. The van der Waals surface area contributed by atoms with Crippen LogP contribution in [0.2, 0.25) is 5.15 Å². The summed E-state index contributed by atoms with van der Waals surface area (Å²) >= 11 is 6.20. The standard InChI is InChI=1S/C13H19ClN2O4S/c1-8(2)6-9-10(12(17)18)11(14)16(15-9)13(3)4-5-21(19,20)7-13/h8H,4-7H2,1-3H3,(H,17,18). The highest BCUT2D eigenvalue weighted by Crippen LogP contribution is 2.35. The van der Waals surface area contributed by atoms with Crippen LogP contribution in [0.25, 0.3) is 0 Å². The van der Waals surface area contributed by atoms with Crippen LogP contribution in [-0.4, -0.2) is 40.8 Å². The number of hydrogen-bond acceptors (Lipinski definition) is 4. The average molecular weight is 335 g/mol. The fourth-order valence-corrected chi connectivity index (χ4v) is 5.24. The van der Waals surface area contributed by atoms with Crippen LogP contribution in [0.4, 0.5) is 0 Å². The summed E-state index contributed by atoms with van der Waals surface area (Å²) in [5.74, 6) is -0.905. The van der Waals surface area contributed by atoms with Gasteiger partial charge in [-0.15, -0.1) is 0 Å². The molecule has 1 unspecified atom stereocenters. The third-order valence-electron chi connectivity index (χ3n) is 3.71. The lowest BCUT2D eigenvalue weighted by Gasteiger charge is -2.23. The van der Waals surface area contributed by atoms with Crippen molar-refractivity contribution in [1.82, 2.24) is 9.78 Å². The van der Waals surface area contributed by atoms with Gasteiger partial charge in [0.2, 0.25) is 0 Å². The Balaban J connectivity index is 2.53. The lowest BCUT2D eigenvalue weighted by Crippen LogP contribution is -2.32. The largest absolute Gasteiger partial charge is 0.478 e. The highest BCUT2D eigenvalue weighted by molar-refractivity contribution is 7.91. The number of aromatic nitrogens is 2. The van der Waals surface area contributed by atoms with Crippen LogP contribution in [0, 0.1) is 5.92 Å². The van der Waals surface area contributed by atoms with Crippen molar-refractivity contribution in [3.8, 4) is 0 Å². The Morgan fingerprint density at radius 3 is 2.57 bits per heavy atom. The molecule has 0 radical (unpaired) electrons. The van der Waals surface area contributed by atoms with Gasteiger partial charge in [-0.3, -0.25) is 0 Å². The van der Waals surface area contributed by atoms with Crippen molar-refractivity contribution in [2.75, 3.05) is 11.5 Å². The van der Waals surface area contributed by atoms with Crippen molar-refractivity contribution >= 4 is 27.4 Å². The molecule has 1 atom stereocenters. The van der Waals surface area contributed by atoms with E-state index in [1.807, 2.05) is 13.8 Å². The second-order valence-electron chi connectivity index (χ2n) is 6.27. The van der Waals surface area contributed by atoms with Gasteiger partial charge in [0, 0.05) is 0 Å². The van der Waals surface area contributed by atoms with Gasteiger partial charge in [0.1, 0.15) is 10.7 Å². The molecule has 0 spiro atoms. The first-order valence-corrected chi connectivity index (χ1v) is 8.97. The van der Waals surface area contributed by atoms with Gasteiger partial charge in [-0.2, -0.15) is 5.10 Å². The van der Waals surface area contributed by atoms with E-state index in [0.29, 0.717) is 18.5 Å². The lowest BCUT2D eigenvalue weighted by molar-refractivity contribution is 0.0695. The zero-order chi connectivity index (χ0) is 16.0. The van der Waals surface area contributed by atoms with E-state index in [1.165, 1.54) is 4.68 Å². The van der Waals surface area contributed by atoms with E-state index in [9.17, 15) is 18.3 Å². The first-order chi connectivity index (χ1) is 9.56. The molecule has 1 aliphatic heterocycles. The normalized spacial score (nSPS) is 24.6. The second-order valence-corrected chi connectivity index (χ2v) is 8.81. The van der Waals surface area contributed by atoms with E-state index in [4.69, 9.17) is 11.6 Å². The smallest absolute Gasteiger partial charge is 0.340 e. The molecule has 0 saturated carbocycles. The number of carbonyl (C=O) groups is 1. The molecule has 6 nitrogen and oxygen atoms in total. The van der Waals surface area contributed by atoms with Gasteiger partial charge >= 0.3 is 5.97 Å². The zero-order valence-corrected chi connectivity index (χ0v) is 13.8. The lowest BCUT2D eigenvalue weighted by atomic mass is 10.0. The molecule has 0 amide bonds. The summed E-state index contributed by atoms with van der Waals surface area (Å²) in [6.07, 6.45) is 0.869. The molecule has 1 saturated heterocycles. The molecule has 0 bridgehead atoms. The zero-order valence-electron chi connectivity index (χ0n) is 12.3. The molecular formula is C13H19ClN2O4S. The highest BCUT2D eigenvalue weighted by atomic mass is 35.5. The molecule has 0 aromatic carbocycles. The minimum atomic E-state index is -3.13. The molecule has 1 N–H and O–H groups in total. The minimum absolute atomic E-state index is 0.0118. The molecule has 118 valence electrons. The van der Waals surface area contributed by atoms with Crippen molar-refractivity contribution in [2.24, 2.45) is 5.92 Å². The molecular weight excluding hydrogens is 316 g/mol. The van der Waals surface area contributed by atoms with Crippen molar-refractivity contribution < 1.29 is 18.3 Å². The van der Waals surface area contributed by atoms with E-state index in [0.717, 1.165) is 0 Å². The maximum atomic E-state index is 11.7. The van der Waals surface area contributed by atoms with Crippen LogP contribution in [0.15, 0.2) is 0 Å². The van der Waals surface area contributed by atoms with E-state index in [1.54, 1.807) is 6.92 Å². The Labute approximate surface area is 129 Å². The summed E-state index contributed by atoms with van der Waals surface area (Å²) in [6.45, 7) is 5.67. The van der Waals surface area contributed by atoms with Crippen molar-refractivity contribution in [2.45, 2.75) is 39.2 Å². The van der Waals surface area contributed by atoms with Gasteiger partial charge in [-0.25, -0.2) is 17.9 Å². The molecule has 1 fully saturated rings. The first kappa shape index (κ1) is 16.3. The molecule has 1 aromatic heterocycles. The van der Waals surface area contributed by atoms with Gasteiger partial charge < -0.3 is 5.11 Å². The van der Waals surface area contributed by atoms with Crippen LogP contribution in [0.5, 0.6) is 0 Å². The molecule has 2 heterocycles. The number of carboxylic acids is 1. The number of halogens is 1. The maximum Gasteiger partial charge on any atom is 0.340 e. The third-order valence-corrected chi connectivity index (χ3v) is 5.95. The first-order valence-electron chi connectivity index (χ1n) is 6.77. The molecule has 21 heavy (non-hydrogen) atoms. The predicted octanol–water partition coefficient (Wildman–Crippen LogP) is 1.97. The van der Waals surface area contributed by atoms with Crippen LogP contribution in [0.1, 0.15) is 43.2 Å². The van der Waals surface area contributed by atoms with Crippen LogP contribution in [0.3, 0.4) is 0 Å². The van der Waals surface area contributed by atoms with E-state index in [2.05, 4.69) is 5.10 Å². The Morgan fingerprint density at radius 1 is 1.52 bits per heavy atom. The molecule has 1 aromatic rings. The average Bonchev–Trinajstić information content (AvgIpc) is 2.77. The number of carboxylic acid groups (broad SMARTS) is 1. The highest BCUT2D eigenvalue weighted by Gasteiger charge is 2.43. The van der Waals surface area contributed by atoms with Gasteiger partial charge in [-0.1, -0.05) is 25.4 Å². The number of nitrogens with zero attached hydrogens (tertiary/aromatic N) is 2. The maximum absolute atomic E-state index is 11.7. The van der Waals surface area contributed by atoms with Gasteiger partial charge in [0.25, 0.3) is 0 Å². The SMILES string of the molecule is CC(C)Cc1nn(C2(C)CCS(=O)(=O)C2)c(Cl)c1C(=O)O. The Kier molecular flexibility index (Phi) is 4.10. The fourth-order valence-electron chi connectivity index (χ4n) is 2.70. The Morgan fingerprint density at radius 2 is 2.14 bits per heavy atom. The monoisotopic (exact) mass is 334 g/mol. The van der Waals surface area contributed by atoms with Crippen LogP contribution < -0.4 is 0 Å². The van der Waals surface area contributed by atoms with Gasteiger partial charge in [-0.05, 0) is 25.7 Å². The summed E-state index contributed by atoms with van der Waals surface area (Å²) in [5.41, 5.74) is -0.390. The number of hydrogen-bond donors (Lipinski definition) is 1. The fraction of sp³-hybridized carbons (Fsp3) is 0.692. The summed E-state index contributed by atoms with van der Waals surface area (Å²) in [7, 11) is -3.13. The summed E-state index contributed by atoms with van der Waals surface area (Å²) < 4.78 is 24.9. The van der Waals surface area contributed by atoms with Crippen LogP contribution >= 0.6 is 11.6 Å². The summed E-state index contributed by atoms with van der Waals surface area (Å²) in [4.78, 5) is 11.4. The summed E-state index contributed by atoms with van der Waals surface area (Å²) in [5, 5.41) is 13.7. The van der Waals surface area contributed by atoms with Crippen LogP contribution in [-0.2, 0) is 21.8 Å². The topological polar surface area (TPSA) is 89.3 Å². The van der Waals surface area contributed by atoms with Gasteiger partial charge in [0.15, 0.2) is 9.84 Å². The van der Waals surface area contributed by atoms with Crippen molar-refractivity contribution in [3.05, 3.63) is 16.4 Å². The number of aromatic carboxylic acids is 1. The van der Waals surface area contributed by atoms with Crippen molar-refractivity contribution in [3.63, 3.8) is 0 Å². The second kappa shape index (κ2) is 5.28. The van der Waals surface area contributed by atoms with E-state index < -0.39 is 21.3 Å². The Hall–Kier alpha value is -1.08. The minimum Gasteiger partial charge on any atom is -0.478 e. The van der Waals surface area contributed by atoms with E-state index >= 15 is 0 Å². The quantitative estimate of drug-likeness (QED) is 0.909. The molecule has 2 rings (SSSR count). The summed E-state index contributed by atoms with van der Waals surface area (Å²) in [6, 6.07) is 0. The van der Waals surface area contributed by atoms with Crippen molar-refractivity contribution in [1.29, 1.82) is 0 Å². The molecule has 0 aliphatic carbocycles. The number of sulfone groups is 1. The third kappa shape index (κ3) is 3.08. The number of rotatable bonds is 4. The Bertz CT molecular complexity index is 681. The van der Waals surface area contributed by atoms with E-state index in [-0.39, 0.29) is 28.1 Å². The molecule has 1 aliphatic rings.